The maximum Gasteiger partial charge on any atom is 0.123 e. The quantitative estimate of drug-likeness (QED) is 0.894. The summed E-state index contributed by atoms with van der Waals surface area (Å²) in [5.74, 6) is -0.302. The second kappa shape index (κ2) is 4.77. The molecule has 1 aromatic heterocycles. The minimum absolute atomic E-state index is 0.302. The summed E-state index contributed by atoms with van der Waals surface area (Å²) in [7, 11) is 0. The minimum Gasteiger partial charge on any atom is -0.385 e. The van der Waals surface area contributed by atoms with E-state index in [9.17, 15) is 9.50 Å². The summed E-state index contributed by atoms with van der Waals surface area (Å²) in [6, 6.07) is 9.61. The molecule has 4 heteroatoms. The van der Waals surface area contributed by atoms with Crippen molar-refractivity contribution < 1.29 is 9.50 Å². The molecule has 1 nitrogen and oxygen atoms in total. The van der Waals surface area contributed by atoms with Gasteiger partial charge in [-0.25, -0.2) is 4.39 Å². The normalized spacial score (nSPS) is 14.6. The fraction of sp³-hybridized carbons (Fsp3) is 0.231. The Hall–Kier alpha value is -0.900. The van der Waals surface area contributed by atoms with Crippen molar-refractivity contribution in [1.29, 1.82) is 0 Å². The molecule has 90 valence electrons. The highest BCUT2D eigenvalue weighted by Gasteiger charge is 2.24. The van der Waals surface area contributed by atoms with E-state index in [2.05, 4.69) is 0 Å². The largest absolute Gasteiger partial charge is 0.385 e. The van der Waals surface area contributed by atoms with Crippen molar-refractivity contribution in [1.82, 2.24) is 0 Å². The molecule has 17 heavy (non-hydrogen) atoms. The number of hydrogen-bond donors (Lipinski definition) is 1. The molecule has 2 rings (SSSR count). The van der Waals surface area contributed by atoms with Gasteiger partial charge in [0.05, 0.1) is 9.94 Å². The Morgan fingerprint density at radius 2 is 1.88 bits per heavy atom. The average Bonchev–Trinajstić information content (AvgIpc) is 2.63. The molecule has 0 saturated carbocycles. The SMILES string of the molecule is CC(O)(Cc1ccc(Cl)s1)c1ccc(F)cc1. The molecule has 1 unspecified atom stereocenters. The molecule has 0 saturated heterocycles. The molecule has 0 amide bonds. The van der Waals surface area contributed by atoms with Crippen LogP contribution in [0.5, 0.6) is 0 Å². The standard InChI is InChI=1S/C13H12ClFOS/c1-13(16,8-11-6-7-12(14)17-11)9-2-4-10(15)5-3-9/h2-7,16H,8H2,1H3. The number of benzene rings is 1. The third-order valence-electron chi connectivity index (χ3n) is 2.61. The predicted molar refractivity (Wildman–Crippen MR) is 69.0 cm³/mol. The molecule has 0 aliphatic rings. The summed E-state index contributed by atoms with van der Waals surface area (Å²) < 4.78 is 13.5. The molecular weight excluding hydrogens is 259 g/mol. The average molecular weight is 271 g/mol. The van der Waals surface area contributed by atoms with Crippen molar-refractivity contribution in [2.75, 3.05) is 0 Å². The fourth-order valence-electron chi connectivity index (χ4n) is 1.70. The first-order valence-corrected chi connectivity index (χ1v) is 6.39. The maximum absolute atomic E-state index is 12.8. The van der Waals surface area contributed by atoms with Crippen LogP contribution in [0.4, 0.5) is 4.39 Å². The van der Waals surface area contributed by atoms with E-state index in [4.69, 9.17) is 11.6 Å². The molecule has 0 fully saturated rings. The first-order valence-electron chi connectivity index (χ1n) is 5.20. The second-order valence-electron chi connectivity index (χ2n) is 4.16. The number of rotatable bonds is 3. The Bertz CT molecular complexity index is 504. The zero-order valence-corrected chi connectivity index (χ0v) is 10.9. The Kier molecular flexibility index (Phi) is 3.52. The van der Waals surface area contributed by atoms with Crippen molar-refractivity contribution in [3.63, 3.8) is 0 Å². The van der Waals surface area contributed by atoms with Crippen molar-refractivity contribution >= 4 is 22.9 Å². The monoisotopic (exact) mass is 270 g/mol. The van der Waals surface area contributed by atoms with Gasteiger partial charge in [-0.1, -0.05) is 23.7 Å². The molecule has 0 radical (unpaired) electrons. The van der Waals surface area contributed by atoms with Gasteiger partial charge in [0.1, 0.15) is 5.82 Å². The van der Waals surface area contributed by atoms with Crippen molar-refractivity contribution in [3.05, 3.63) is 57.0 Å². The molecule has 0 aliphatic carbocycles. The van der Waals surface area contributed by atoms with Gasteiger partial charge in [-0.15, -0.1) is 11.3 Å². The third kappa shape index (κ3) is 3.06. The van der Waals surface area contributed by atoms with Crippen LogP contribution in [-0.4, -0.2) is 5.11 Å². The van der Waals surface area contributed by atoms with Crippen LogP contribution in [0, 0.1) is 5.82 Å². The highest BCUT2D eigenvalue weighted by Crippen LogP contribution is 2.30. The van der Waals surface area contributed by atoms with Gasteiger partial charge in [0.2, 0.25) is 0 Å². The van der Waals surface area contributed by atoms with Crippen LogP contribution in [0.2, 0.25) is 4.34 Å². The molecule has 1 N–H and O–H groups in total. The van der Waals surface area contributed by atoms with Gasteiger partial charge in [-0.2, -0.15) is 0 Å². The molecule has 1 atom stereocenters. The smallest absolute Gasteiger partial charge is 0.123 e. The summed E-state index contributed by atoms with van der Waals surface area (Å²) in [6.07, 6.45) is 0.468. The zero-order valence-electron chi connectivity index (χ0n) is 9.28. The first kappa shape index (κ1) is 12.6. The van der Waals surface area contributed by atoms with E-state index >= 15 is 0 Å². The van der Waals surface area contributed by atoms with Gasteiger partial charge < -0.3 is 5.11 Å². The van der Waals surface area contributed by atoms with Gasteiger partial charge in [-0.05, 0) is 36.8 Å². The van der Waals surface area contributed by atoms with Crippen molar-refractivity contribution in [3.8, 4) is 0 Å². The Balaban J connectivity index is 2.21. The topological polar surface area (TPSA) is 20.2 Å². The summed E-state index contributed by atoms with van der Waals surface area (Å²) in [6.45, 7) is 1.72. The second-order valence-corrected chi connectivity index (χ2v) is 5.96. The number of thiophene rings is 1. The van der Waals surface area contributed by atoms with Crippen LogP contribution in [0.3, 0.4) is 0 Å². The molecular formula is C13H12ClFOS. The third-order valence-corrected chi connectivity index (χ3v) is 3.84. The highest BCUT2D eigenvalue weighted by atomic mass is 35.5. The molecule has 0 spiro atoms. The summed E-state index contributed by atoms with van der Waals surface area (Å²) in [5, 5.41) is 10.4. The summed E-state index contributed by atoms with van der Waals surface area (Å²) >= 11 is 7.29. The lowest BCUT2D eigenvalue weighted by molar-refractivity contribution is 0.0584. The highest BCUT2D eigenvalue weighted by molar-refractivity contribution is 7.16. The summed E-state index contributed by atoms with van der Waals surface area (Å²) in [4.78, 5) is 1.00. The van der Waals surface area contributed by atoms with Crippen molar-refractivity contribution in [2.24, 2.45) is 0 Å². The Morgan fingerprint density at radius 1 is 1.24 bits per heavy atom. The molecule has 1 heterocycles. The Morgan fingerprint density at radius 3 is 2.41 bits per heavy atom. The van der Waals surface area contributed by atoms with Crippen LogP contribution in [0.1, 0.15) is 17.4 Å². The van der Waals surface area contributed by atoms with Crippen LogP contribution in [0.15, 0.2) is 36.4 Å². The van der Waals surface area contributed by atoms with Gasteiger partial charge in [-0.3, -0.25) is 0 Å². The van der Waals surface area contributed by atoms with E-state index in [0.29, 0.717) is 16.3 Å². The fourth-order valence-corrected chi connectivity index (χ4v) is 2.93. The number of halogens is 2. The van der Waals surface area contributed by atoms with E-state index in [1.165, 1.54) is 23.5 Å². The Labute approximate surface area is 108 Å². The molecule has 2 aromatic rings. The van der Waals surface area contributed by atoms with Crippen LogP contribution >= 0.6 is 22.9 Å². The molecule has 1 aromatic carbocycles. The van der Waals surface area contributed by atoms with Crippen molar-refractivity contribution in [2.45, 2.75) is 18.9 Å². The maximum atomic E-state index is 12.8. The number of aliphatic hydroxyl groups is 1. The van der Waals surface area contributed by atoms with E-state index in [1.807, 2.05) is 12.1 Å². The zero-order chi connectivity index (χ0) is 12.5. The summed E-state index contributed by atoms with van der Waals surface area (Å²) in [5.41, 5.74) is -0.314. The van der Waals surface area contributed by atoms with Crippen LogP contribution < -0.4 is 0 Å². The number of hydrogen-bond acceptors (Lipinski definition) is 2. The molecule has 0 aliphatic heterocycles. The van der Waals surface area contributed by atoms with E-state index in [-0.39, 0.29) is 5.82 Å². The minimum atomic E-state index is -1.01. The van der Waals surface area contributed by atoms with Crippen LogP contribution in [-0.2, 0) is 12.0 Å². The van der Waals surface area contributed by atoms with E-state index in [1.54, 1.807) is 19.1 Å². The van der Waals surface area contributed by atoms with Gasteiger partial charge >= 0.3 is 0 Å². The van der Waals surface area contributed by atoms with Gasteiger partial charge in [0.15, 0.2) is 0 Å². The van der Waals surface area contributed by atoms with Gasteiger partial charge in [0.25, 0.3) is 0 Å². The predicted octanol–water partition coefficient (Wildman–Crippen LogP) is 3.99. The van der Waals surface area contributed by atoms with E-state index < -0.39 is 5.60 Å². The van der Waals surface area contributed by atoms with Gasteiger partial charge in [0, 0.05) is 11.3 Å². The van der Waals surface area contributed by atoms with Crippen LogP contribution in [0.25, 0.3) is 0 Å². The molecule has 0 bridgehead atoms. The lowest BCUT2D eigenvalue weighted by Gasteiger charge is -2.23. The lowest BCUT2D eigenvalue weighted by atomic mass is 9.92. The first-order chi connectivity index (χ1) is 7.97. The van der Waals surface area contributed by atoms with E-state index in [0.717, 1.165) is 4.88 Å². The lowest BCUT2D eigenvalue weighted by Crippen LogP contribution is -2.23.